The maximum absolute atomic E-state index is 13.1. The first kappa shape index (κ1) is 21.8. The number of benzene rings is 2. The molecule has 3 heterocycles. The van der Waals surface area contributed by atoms with Crippen molar-refractivity contribution in [2.24, 2.45) is 5.73 Å². The van der Waals surface area contributed by atoms with Crippen LogP contribution in [0, 0.1) is 0 Å². The summed E-state index contributed by atoms with van der Waals surface area (Å²) >= 11 is 0. The van der Waals surface area contributed by atoms with Gasteiger partial charge in [0.15, 0.2) is 0 Å². The fraction of sp³-hybridized carbons (Fsp3) is 0.423. The standard InChI is InChI=1S/C26H30N4O3/c27-14-18-4-1-2-6-20(18)17-10-12-29(13-11-17)15-19-5-3-7-21-22(19)16-30(26(21)33)23-8-9-24(31)28-25(23)32/h1-7,17,23H,8-16,27H2,(H,28,31,32). The summed E-state index contributed by atoms with van der Waals surface area (Å²) in [4.78, 5) is 41.0. The number of piperidine rings is 2. The lowest BCUT2D eigenvalue weighted by Crippen LogP contribution is -2.52. The van der Waals surface area contributed by atoms with Crippen LogP contribution < -0.4 is 11.1 Å². The predicted octanol–water partition coefficient (Wildman–Crippen LogP) is 2.29. The zero-order valence-corrected chi connectivity index (χ0v) is 18.8. The molecule has 0 bridgehead atoms. The molecule has 3 N–H and O–H groups in total. The first-order valence-electron chi connectivity index (χ1n) is 11.8. The largest absolute Gasteiger partial charge is 0.326 e. The van der Waals surface area contributed by atoms with Crippen molar-refractivity contribution in [2.45, 2.75) is 57.3 Å². The van der Waals surface area contributed by atoms with Crippen LogP contribution in [0.4, 0.5) is 0 Å². The van der Waals surface area contributed by atoms with Gasteiger partial charge in [-0.25, -0.2) is 0 Å². The van der Waals surface area contributed by atoms with Gasteiger partial charge in [0.2, 0.25) is 11.8 Å². The highest BCUT2D eigenvalue weighted by molar-refractivity contribution is 6.05. The number of hydrogen-bond acceptors (Lipinski definition) is 5. The van der Waals surface area contributed by atoms with Crippen molar-refractivity contribution in [3.05, 3.63) is 70.3 Å². The second-order valence-corrected chi connectivity index (χ2v) is 9.30. The first-order chi connectivity index (χ1) is 16.0. The van der Waals surface area contributed by atoms with Crippen LogP contribution >= 0.6 is 0 Å². The topological polar surface area (TPSA) is 95.7 Å². The Kier molecular flexibility index (Phi) is 6.00. The molecule has 7 heteroatoms. The molecule has 5 rings (SSSR count). The number of nitrogens with two attached hydrogens (primary N) is 1. The number of carbonyl (C=O) groups excluding carboxylic acids is 3. The van der Waals surface area contributed by atoms with Gasteiger partial charge in [0.25, 0.3) is 5.91 Å². The molecule has 2 fully saturated rings. The van der Waals surface area contributed by atoms with E-state index in [-0.39, 0.29) is 24.1 Å². The molecule has 2 aromatic rings. The van der Waals surface area contributed by atoms with E-state index in [0.29, 0.717) is 31.0 Å². The van der Waals surface area contributed by atoms with E-state index < -0.39 is 6.04 Å². The highest BCUT2D eigenvalue weighted by Crippen LogP contribution is 2.33. The molecular weight excluding hydrogens is 416 g/mol. The summed E-state index contributed by atoms with van der Waals surface area (Å²) < 4.78 is 0. The summed E-state index contributed by atoms with van der Waals surface area (Å²) in [5.74, 6) is -0.210. The molecule has 3 amide bonds. The van der Waals surface area contributed by atoms with Gasteiger partial charge in [0, 0.05) is 31.6 Å². The summed E-state index contributed by atoms with van der Waals surface area (Å²) in [5.41, 5.74) is 11.4. The lowest BCUT2D eigenvalue weighted by Gasteiger charge is -2.33. The summed E-state index contributed by atoms with van der Waals surface area (Å²) in [6, 6.07) is 13.8. The molecule has 1 unspecified atom stereocenters. The number of rotatable bonds is 5. The third-order valence-electron chi connectivity index (χ3n) is 7.38. The van der Waals surface area contributed by atoms with Gasteiger partial charge in [-0.15, -0.1) is 0 Å². The fourth-order valence-electron chi connectivity index (χ4n) is 5.56. The van der Waals surface area contributed by atoms with E-state index in [0.717, 1.165) is 43.6 Å². The van der Waals surface area contributed by atoms with Gasteiger partial charge < -0.3 is 10.6 Å². The van der Waals surface area contributed by atoms with Gasteiger partial charge in [-0.2, -0.15) is 0 Å². The quantitative estimate of drug-likeness (QED) is 0.687. The number of hydrogen-bond donors (Lipinski definition) is 2. The minimum Gasteiger partial charge on any atom is -0.326 e. The summed E-state index contributed by atoms with van der Waals surface area (Å²) in [5, 5.41) is 2.37. The van der Waals surface area contributed by atoms with Crippen LogP contribution in [0.2, 0.25) is 0 Å². The number of likely N-dealkylation sites (tertiary alicyclic amines) is 1. The predicted molar refractivity (Wildman–Crippen MR) is 124 cm³/mol. The van der Waals surface area contributed by atoms with Crippen LogP contribution in [-0.2, 0) is 29.2 Å². The molecule has 0 saturated carbocycles. The molecule has 0 aromatic heterocycles. The van der Waals surface area contributed by atoms with E-state index in [4.69, 9.17) is 5.73 Å². The lowest BCUT2D eigenvalue weighted by molar-refractivity contribution is -0.136. The normalized spacial score (nSPS) is 21.9. The van der Waals surface area contributed by atoms with Crippen LogP contribution in [0.3, 0.4) is 0 Å². The van der Waals surface area contributed by atoms with E-state index in [1.54, 1.807) is 4.90 Å². The number of fused-ring (bicyclic) bond motifs is 1. The van der Waals surface area contributed by atoms with Crippen LogP contribution in [0.5, 0.6) is 0 Å². The minimum atomic E-state index is -0.575. The summed E-state index contributed by atoms with van der Waals surface area (Å²) in [6.45, 7) is 3.79. The number of nitrogens with one attached hydrogen (secondary N) is 1. The Bertz CT molecular complexity index is 1090. The smallest absolute Gasteiger partial charge is 0.255 e. The lowest BCUT2D eigenvalue weighted by atomic mass is 9.86. The van der Waals surface area contributed by atoms with Gasteiger partial charge in [0.05, 0.1) is 0 Å². The number of nitrogens with zero attached hydrogens (tertiary/aromatic N) is 2. The maximum Gasteiger partial charge on any atom is 0.255 e. The highest BCUT2D eigenvalue weighted by atomic mass is 16.2. The van der Waals surface area contributed by atoms with E-state index in [1.165, 1.54) is 11.1 Å². The molecule has 1 atom stereocenters. The molecule has 3 aliphatic heterocycles. The van der Waals surface area contributed by atoms with Gasteiger partial charge in [-0.1, -0.05) is 36.4 Å². The highest BCUT2D eigenvalue weighted by Gasteiger charge is 2.39. The molecule has 0 spiro atoms. The molecule has 3 aliphatic rings. The Morgan fingerprint density at radius 1 is 0.939 bits per heavy atom. The number of amides is 3. The molecule has 2 aromatic carbocycles. The van der Waals surface area contributed by atoms with Crippen molar-refractivity contribution in [2.75, 3.05) is 13.1 Å². The van der Waals surface area contributed by atoms with E-state index in [9.17, 15) is 14.4 Å². The zero-order chi connectivity index (χ0) is 22.9. The van der Waals surface area contributed by atoms with E-state index in [1.807, 2.05) is 12.1 Å². The van der Waals surface area contributed by atoms with E-state index in [2.05, 4.69) is 40.5 Å². The first-order valence-corrected chi connectivity index (χ1v) is 11.8. The number of carbonyl (C=O) groups is 3. The van der Waals surface area contributed by atoms with Crippen molar-refractivity contribution in [1.29, 1.82) is 0 Å². The zero-order valence-electron chi connectivity index (χ0n) is 18.8. The van der Waals surface area contributed by atoms with Crippen molar-refractivity contribution >= 4 is 17.7 Å². The Morgan fingerprint density at radius 2 is 1.70 bits per heavy atom. The average molecular weight is 447 g/mol. The van der Waals surface area contributed by atoms with Gasteiger partial charge in [0.1, 0.15) is 6.04 Å². The second-order valence-electron chi connectivity index (χ2n) is 9.30. The second kappa shape index (κ2) is 9.08. The Labute approximate surface area is 193 Å². The third-order valence-corrected chi connectivity index (χ3v) is 7.38. The molecule has 7 nitrogen and oxygen atoms in total. The third kappa shape index (κ3) is 4.18. The maximum atomic E-state index is 13.1. The number of imide groups is 1. The molecule has 33 heavy (non-hydrogen) atoms. The SMILES string of the molecule is NCc1ccccc1C1CCN(Cc2cccc3c2CN(C2CCC(=O)NC2=O)C3=O)CC1. The monoisotopic (exact) mass is 446 g/mol. The molecular formula is C26H30N4O3. The van der Waals surface area contributed by atoms with Crippen molar-refractivity contribution in [1.82, 2.24) is 15.1 Å². The van der Waals surface area contributed by atoms with Crippen molar-refractivity contribution < 1.29 is 14.4 Å². The molecule has 2 saturated heterocycles. The Balaban J connectivity index is 1.26. The van der Waals surface area contributed by atoms with Crippen molar-refractivity contribution in [3.63, 3.8) is 0 Å². The van der Waals surface area contributed by atoms with E-state index >= 15 is 0 Å². The van der Waals surface area contributed by atoms with Crippen LogP contribution in [-0.4, -0.2) is 46.7 Å². The molecule has 172 valence electrons. The summed E-state index contributed by atoms with van der Waals surface area (Å²) in [6.07, 6.45) is 2.84. The Morgan fingerprint density at radius 3 is 2.45 bits per heavy atom. The van der Waals surface area contributed by atoms with Gasteiger partial charge in [-0.3, -0.25) is 24.6 Å². The molecule has 0 radical (unpaired) electrons. The van der Waals surface area contributed by atoms with Crippen LogP contribution in [0.25, 0.3) is 0 Å². The molecule has 0 aliphatic carbocycles. The minimum absolute atomic E-state index is 0.113. The van der Waals surface area contributed by atoms with Gasteiger partial charge in [-0.05, 0) is 66.6 Å². The van der Waals surface area contributed by atoms with Crippen LogP contribution in [0.15, 0.2) is 42.5 Å². The Hall–Kier alpha value is -3.03. The fourth-order valence-corrected chi connectivity index (χ4v) is 5.56. The van der Waals surface area contributed by atoms with Gasteiger partial charge >= 0.3 is 0 Å². The average Bonchev–Trinajstić information content (AvgIpc) is 3.17. The summed E-state index contributed by atoms with van der Waals surface area (Å²) in [7, 11) is 0. The van der Waals surface area contributed by atoms with Crippen LogP contribution in [0.1, 0.15) is 64.2 Å². The van der Waals surface area contributed by atoms with Crippen molar-refractivity contribution in [3.8, 4) is 0 Å².